The molecule has 3 nitrogen and oxygen atoms in total. The third kappa shape index (κ3) is 3.51. The van der Waals surface area contributed by atoms with Gasteiger partial charge in [-0.1, -0.05) is 43.1 Å². The predicted molar refractivity (Wildman–Crippen MR) is 67.0 cm³/mol. The first-order valence-electron chi connectivity index (χ1n) is 4.79. The van der Waals surface area contributed by atoms with Crippen LogP contribution in [0.3, 0.4) is 0 Å². The zero-order valence-corrected chi connectivity index (χ0v) is 10.5. The summed E-state index contributed by atoms with van der Waals surface area (Å²) in [6.45, 7) is 3.57. The number of carbonyl (C=O) groups excluding carboxylic acids is 1. The van der Waals surface area contributed by atoms with Gasteiger partial charge in [-0.15, -0.1) is 0 Å². The van der Waals surface area contributed by atoms with Crippen molar-refractivity contribution in [3.63, 3.8) is 0 Å². The Kier molecular flexibility index (Phi) is 4.77. The monoisotopic (exact) mass is 258 g/mol. The van der Waals surface area contributed by atoms with E-state index in [4.69, 9.17) is 23.2 Å². The highest BCUT2D eigenvalue weighted by atomic mass is 35.5. The van der Waals surface area contributed by atoms with Crippen molar-refractivity contribution in [2.75, 3.05) is 0 Å². The number of rotatable bonds is 3. The zero-order valence-electron chi connectivity index (χ0n) is 9.00. The zero-order chi connectivity index (χ0) is 12.1. The van der Waals surface area contributed by atoms with Crippen molar-refractivity contribution in [1.29, 1.82) is 0 Å². The van der Waals surface area contributed by atoms with Crippen LogP contribution in [-0.2, 0) is 4.79 Å². The van der Waals surface area contributed by atoms with E-state index in [0.717, 1.165) is 0 Å². The van der Waals surface area contributed by atoms with Crippen molar-refractivity contribution < 1.29 is 4.79 Å². The van der Waals surface area contributed by atoms with Crippen molar-refractivity contribution in [2.45, 2.75) is 13.8 Å². The fourth-order valence-electron chi connectivity index (χ4n) is 0.924. The number of hydrogen-bond donors (Lipinski definition) is 1. The van der Waals surface area contributed by atoms with Crippen LogP contribution in [0.25, 0.3) is 0 Å². The van der Waals surface area contributed by atoms with Gasteiger partial charge in [-0.05, 0) is 12.1 Å². The molecule has 0 unspecified atom stereocenters. The van der Waals surface area contributed by atoms with Crippen molar-refractivity contribution in [2.24, 2.45) is 11.0 Å². The molecule has 0 fully saturated rings. The van der Waals surface area contributed by atoms with Gasteiger partial charge in [0.1, 0.15) is 0 Å². The second-order valence-corrected chi connectivity index (χ2v) is 4.34. The van der Waals surface area contributed by atoms with Crippen LogP contribution in [0.2, 0.25) is 10.0 Å². The maximum Gasteiger partial charge on any atom is 0.242 e. The molecule has 1 N–H and O–H groups in total. The van der Waals surface area contributed by atoms with Crippen LogP contribution in [0.5, 0.6) is 0 Å². The first-order chi connectivity index (χ1) is 7.52. The fraction of sp³-hybridized carbons (Fsp3) is 0.273. The Morgan fingerprint density at radius 3 is 2.44 bits per heavy atom. The highest BCUT2D eigenvalue weighted by Crippen LogP contribution is 2.21. The van der Waals surface area contributed by atoms with Crippen LogP contribution in [0.1, 0.15) is 19.4 Å². The number of hydrazone groups is 1. The molecular formula is C11H12Cl2N2O. The van der Waals surface area contributed by atoms with Gasteiger partial charge in [0, 0.05) is 11.5 Å². The maximum absolute atomic E-state index is 11.2. The molecular weight excluding hydrogens is 247 g/mol. The largest absolute Gasteiger partial charge is 0.273 e. The minimum atomic E-state index is -0.153. The number of hydrogen-bond acceptors (Lipinski definition) is 2. The molecule has 5 heteroatoms. The molecule has 0 aromatic heterocycles. The summed E-state index contributed by atoms with van der Waals surface area (Å²) < 4.78 is 0. The third-order valence-electron chi connectivity index (χ3n) is 1.89. The minimum absolute atomic E-state index is 0.112. The number of halogens is 2. The lowest BCUT2D eigenvalue weighted by atomic mass is 10.2. The summed E-state index contributed by atoms with van der Waals surface area (Å²) in [4.78, 5) is 11.2. The van der Waals surface area contributed by atoms with E-state index >= 15 is 0 Å². The van der Waals surface area contributed by atoms with Crippen LogP contribution in [0.4, 0.5) is 0 Å². The van der Waals surface area contributed by atoms with Crippen molar-refractivity contribution >= 4 is 35.3 Å². The quantitative estimate of drug-likeness (QED) is 0.657. The van der Waals surface area contributed by atoms with Gasteiger partial charge in [-0.3, -0.25) is 4.79 Å². The average molecular weight is 259 g/mol. The molecule has 1 rings (SSSR count). The number of amides is 1. The lowest BCUT2D eigenvalue weighted by Gasteiger charge is -2.03. The molecule has 86 valence electrons. The first kappa shape index (κ1) is 13.0. The summed E-state index contributed by atoms with van der Waals surface area (Å²) >= 11 is 11.8. The molecule has 0 bridgehead atoms. The van der Waals surface area contributed by atoms with Gasteiger partial charge in [-0.2, -0.15) is 5.10 Å². The Labute approximate surface area is 104 Å². The van der Waals surface area contributed by atoms with Crippen LogP contribution >= 0.6 is 23.2 Å². The molecule has 0 saturated heterocycles. The standard InChI is InChI=1S/C11H12Cl2N2O/c1-7(2)11(16)15-14-6-8-9(12)4-3-5-10(8)13/h3-7H,1-2H3,(H,15,16)/b14-6+. The molecule has 1 amide bonds. The van der Waals surface area contributed by atoms with Gasteiger partial charge in [0.25, 0.3) is 0 Å². The minimum Gasteiger partial charge on any atom is -0.273 e. The highest BCUT2D eigenvalue weighted by Gasteiger charge is 2.05. The van der Waals surface area contributed by atoms with Gasteiger partial charge in [0.2, 0.25) is 5.91 Å². The van der Waals surface area contributed by atoms with E-state index in [2.05, 4.69) is 10.5 Å². The molecule has 1 aromatic rings. The van der Waals surface area contributed by atoms with Gasteiger partial charge < -0.3 is 0 Å². The van der Waals surface area contributed by atoms with E-state index in [1.165, 1.54) is 6.21 Å². The molecule has 0 aliphatic carbocycles. The SMILES string of the molecule is CC(C)C(=O)N/N=C/c1c(Cl)cccc1Cl. The predicted octanol–water partition coefficient (Wildman–Crippen LogP) is 3.10. The lowest BCUT2D eigenvalue weighted by molar-refractivity contribution is -0.123. The molecule has 0 heterocycles. The third-order valence-corrected chi connectivity index (χ3v) is 2.55. The number of nitrogens with zero attached hydrogens (tertiary/aromatic N) is 1. The Balaban J connectivity index is 2.74. The van der Waals surface area contributed by atoms with E-state index in [1.807, 2.05) is 0 Å². The van der Waals surface area contributed by atoms with E-state index in [9.17, 15) is 4.79 Å². The summed E-state index contributed by atoms with van der Waals surface area (Å²) in [5, 5.41) is 4.78. The molecule has 0 saturated carbocycles. The van der Waals surface area contributed by atoms with Gasteiger partial charge in [0.05, 0.1) is 16.3 Å². The topological polar surface area (TPSA) is 41.5 Å². The molecule has 0 radical (unpaired) electrons. The summed E-state index contributed by atoms with van der Waals surface area (Å²) in [5.41, 5.74) is 2.99. The number of benzene rings is 1. The second-order valence-electron chi connectivity index (χ2n) is 3.52. The molecule has 16 heavy (non-hydrogen) atoms. The molecule has 1 aromatic carbocycles. The average Bonchev–Trinajstić information content (AvgIpc) is 2.22. The van der Waals surface area contributed by atoms with E-state index in [1.54, 1.807) is 32.0 Å². The van der Waals surface area contributed by atoms with E-state index < -0.39 is 0 Å². The van der Waals surface area contributed by atoms with Crippen LogP contribution in [0.15, 0.2) is 23.3 Å². The van der Waals surface area contributed by atoms with Gasteiger partial charge in [-0.25, -0.2) is 5.43 Å². The van der Waals surface area contributed by atoms with Crippen LogP contribution in [-0.4, -0.2) is 12.1 Å². The Morgan fingerprint density at radius 2 is 1.94 bits per heavy atom. The first-order valence-corrected chi connectivity index (χ1v) is 5.55. The maximum atomic E-state index is 11.2. The van der Waals surface area contributed by atoms with Crippen LogP contribution < -0.4 is 5.43 Å². The summed E-state index contributed by atoms with van der Waals surface area (Å²) in [5.74, 6) is -0.265. The molecule has 0 atom stereocenters. The normalized spacial score (nSPS) is 11.1. The van der Waals surface area contributed by atoms with Crippen molar-refractivity contribution in [3.8, 4) is 0 Å². The van der Waals surface area contributed by atoms with Crippen LogP contribution in [0, 0.1) is 5.92 Å². The Morgan fingerprint density at radius 1 is 1.38 bits per heavy atom. The van der Waals surface area contributed by atoms with E-state index in [-0.39, 0.29) is 11.8 Å². The number of nitrogens with one attached hydrogen (secondary N) is 1. The van der Waals surface area contributed by atoms with Crippen molar-refractivity contribution in [1.82, 2.24) is 5.43 Å². The fourth-order valence-corrected chi connectivity index (χ4v) is 1.42. The van der Waals surface area contributed by atoms with E-state index in [0.29, 0.717) is 15.6 Å². The second kappa shape index (κ2) is 5.87. The molecule has 0 spiro atoms. The summed E-state index contributed by atoms with van der Waals surface area (Å²) in [7, 11) is 0. The van der Waals surface area contributed by atoms with Gasteiger partial charge >= 0.3 is 0 Å². The summed E-state index contributed by atoms with van der Waals surface area (Å²) in [6.07, 6.45) is 1.44. The Hall–Kier alpha value is -1.06. The number of carbonyl (C=O) groups is 1. The summed E-state index contributed by atoms with van der Waals surface area (Å²) in [6, 6.07) is 5.16. The van der Waals surface area contributed by atoms with Crippen molar-refractivity contribution in [3.05, 3.63) is 33.8 Å². The molecule has 0 aliphatic heterocycles. The van der Waals surface area contributed by atoms with Gasteiger partial charge in [0.15, 0.2) is 0 Å². The lowest BCUT2D eigenvalue weighted by Crippen LogP contribution is -2.22. The highest BCUT2D eigenvalue weighted by molar-refractivity contribution is 6.38. The smallest absolute Gasteiger partial charge is 0.242 e. The Bertz CT molecular complexity index is 396. The molecule has 0 aliphatic rings.